The number of pyridine rings is 1. The zero-order valence-electron chi connectivity index (χ0n) is 15.1. The quantitative estimate of drug-likeness (QED) is 0.737. The molecule has 3 aromatic rings. The molecule has 1 amide bonds. The van der Waals surface area contributed by atoms with Crippen molar-refractivity contribution in [2.45, 2.75) is 26.3 Å². The Kier molecular flexibility index (Phi) is 5.44. The lowest BCUT2D eigenvalue weighted by atomic mass is 9.99. The second-order valence-corrected chi connectivity index (χ2v) is 6.45. The molecule has 1 aromatic heterocycles. The smallest absolute Gasteiger partial charge is 0.241 e. The van der Waals surface area contributed by atoms with E-state index in [1.54, 1.807) is 0 Å². The Hall–Kier alpha value is -2.98. The first-order chi connectivity index (χ1) is 12.5. The van der Waals surface area contributed by atoms with Crippen LogP contribution in [0.3, 0.4) is 0 Å². The Morgan fingerprint density at radius 3 is 2.38 bits per heavy atom. The summed E-state index contributed by atoms with van der Waals surface area (Å²) in [5, 5.41) is 2.89. The van der Waals surface area contributed by atoms with Gasteiger partial charge in [-0.05, 0) is 55.2 Å². The predicted molar refractivity (Wildman–Crippen MR) is 106 cm³/mol. The zero-order valence-corrected chi connectivity index (χ0v) is 15.1. The Bertz CT molecular complexity index is 869. The third-order valence-electron chi connectivity index (χ3n) is 4.43. The summed E-state index contributed by atoms with van der Waals surface area (Å²) < 4.78 is 0. The molecule has 0 aliphatic heterocycles. The number of aromatic nitrogens is 1. The number of rotatable bonds is 5. The van der Waals surface area contributed by atoms with Crippen LogP contribution in [0.1, 0.15) is 16.8 Å². The van der Waals surface area contributed by atoms with Gasteiger partial charge >= 0.3 is 0 Å². The average Bonchev–Trinajstić information content (AvgIpc) is 2.64. The molecule has 2 aromatic carbocycles. The molecule has 3 rings (SSSR count). The van der Waals surface area contributed by atoms with Crippen molar-refractivity contribution < 1.29 is 4.79 Å². The van der Waals surface area contributed by atoms with Crippen molar-refractivity contribution >= 4 is 11.6 Å². The van der Waals surface area contributed by atoms with E-state index in [-0.39, 0.29) is 5.91 Å². The monoisotopic (exact) mass is 345 g/mol. The van der Waals surface area contributed by atoms with Crippen LogP contribution in [0.15, 0.2) is 66.9 Å². The Balaban J connectivity index is 1.68. The molecule has 1 atom stereocenters. The molecule has 0 aliphatic carbocycles. The highest BCUT2D eigenvalue weighted by molar-refractivity contribution is 5.95. The maximum Gasteiger partial charge on any atom is 0.241 e. The molecule has 0 fully saturated rings. The van der Waals surface area contributed by atoms with E-state index in [1.807, 2.05) is 73.8 Å². The Labute approximate surface area is 154 Å². The normalized spacial score (nSPS) is 11.8. The maximum atomic E-state index is 12.3. The second-order valence-electron chi connectivity index (χ2n) is 6.45. The molecule has 0 saturated carbocycles. The van der Waals surface area contributed by atoms with Crippen LogP contribution in [-0.2, 0) is 11.2 Å². The van der Waals surface area contributed by atoms with Crippen LogP contribution in [-0.4, -0.2) is 16.9 Å². The summed E-state index contributed by atoms with van der Waals surface area (Å²) >= 11 is 0. The predicted octanol–water partition coefficient (Wildman–Crippen LogP) is 3.87. The fourth-order valence-electron chi connectivity index (χ4n) is 3.05. The topological polar surface area (TPSA) is 68.0 Å². The molecular formula is C22H23N3O. The van der Waals surface area contributed by atoms with Gasteiger partial charge in [-0.3, -0.25) is 9.78 Å². The molecule has 0 saturated heterocycles. The Morgan fingerprint density at radius 2 is 1.73 bits per heavy atom. The highest BCUT2D eigenvalue weighted by atomic mass is 16.2. The van der Waals surface area contributed by atoms with Gasteiger partial charge in [0.05, 0.1) is 6.04 Å². The lowest BCUT2D eigenvalue weighted by molar-refractivity contribution is -0.117. The first kappa shape index (κ1) is 17.8. The lowest BCUT2D eigenvalue weighted by Crippen LogP contribution is -2.37. The number of nitrogens with one attached hydrogen (secondary N) is 1. The van der Waals surface area contributed by atoms with Crippen molar-refractivity contribution in [1.82, 2.24) is 4.98 Å². The van der Waals surface area contributed by atoms with E-state index in [2.05, 4.69) is 17.2 Å². The molecule has 1 unspecified atom stereocenters. The number of hydrogen-bond donors (Lipinski definition) is 2. The first-order valence-electron chi connectivity index (χ1n) is 8.67. The molecular weight excluding hydrogens is 322 g/mol. The fraction of sp³-hybridized carbons (Fsp3) is 0.182. The van der Waals surface area contributed by atoms with Crippen molar-refractivity contribution in [2.24, 2.45) is 5.73 Å². The van der Waals surface area contributed by atoms with E-state index < -0.39 is 6.04 Å². The summed E-state index contributed by atoms with van der Waals surface area (Å²) in [6, 6.07) is 19.0. The minimum Gasteiger partial charge on any atom is -0.325 e. The van der Waals surface area contributed by atoms with Gasteiger partial charge in [-0.1, -0.05) is 42.5 Å². The Morgan fingerprint density at radius 1 is 1.04 bits per heavy atom. The summed E-state index contributed by atoms with van der Waals surface area (Å²) in [5.41, 5.74) is 12.2. The number of nitrogens with zero attached hydrogens (tertiary/aromatic N) is 1. The standard InChI is InChI=1S/C22H23N3O/c1-15-12-13-24-16(2)21(15)18-8-10-19(11-9-18)25-22(26)20(23)14-17-6-4-3-5-7-17/h3-13,20H,14,23H2,1-2H3,(H,25,26). The van der Waals surface area contributed by atoms with Gasteiger partial charge in [-0.25, -0.2) is 0 Å². The molecule has 0 aliphatic rings. The van der Waals surface area contributed by atoms with Crippen LogP contribution in [0.25, 0.3) is 11.1 Å². The van der Waals surface area contributed by atoms with Crippen molar-refractivity contribution in [3.05, 3.63) is 83.7 Å². The molecule has 0 bridgehead atoms. The van der Waals surface area contributed by atoms with Crippen LogP contribution >= 0.6 is 0 Å². The number of benzene rings is 2. The van der Waals surface area contributed by atoms with E-state index in [0.29, 0.717) is 6.42 Å². The number of nitrogens with two attached hydrogens (primary N) is 1. The number of amides is 1. The third-order valence-corrected chi connectivity index (χ3v) is 4.43. The van der Waals surface area contributed by atoms with Crippen LogP contribution in [0, 0.1) is 13.8 Å². The van der Waals surface area contributed by atoms with E-state index >= 15 is 0 Å². The van der Waals surface area contributed by atoms with Gasteiger partial charge in [0.15, 0.2) is 0 Å². The largest absolute Gasteiger partial charge is 0.325 e. The van der Waals surface area contributed by atoms with Gasteiger partial charge < -0.3 is 11.1 Å². The van der Waals surface area contributed by atoms with Crippen LogP contribution in [0.5, 0.6) is 0 Å². The van der Waals surface area contributed by atoms with Gasteiger partial charge in [-0.2, -0.15) is 0 Å². The average molecular weight is 345 g/mol. The number of carbonyl (C=O) groups excluding carboxylic acids is 1. The highest BCUT2D eigenvalue weighted by Gasteiger charge is 2.14. The molecule has 1 heterocycles. The van der Waals surface area contributed by atoms with Gasteiger partial charge in [0, 0.05) is 23.1 Å². The number of hydrogen-bond acceptors (Lipinski definition) is 3. The van der Waals surface area contributed by atoms with Gasteiger partial charge in [0.25, 0.3) is 0 Å². The fourth-order valence-corrected chi connectivity index (χ4v) is 3.05. The van der Waals surface area contributed by atoms with Crippen LogP contribution in [0.4, 0.5) is 5.69 Å². The summed E-state index contributed by atoms with van der Waals surface area (Å²) in [6.45, 7) is 4.07. The molecule has 4 nitrogen and oxygen atoms in total. The summed E-state index contributed by atoms with van der Waals surface area (Å²) in [7, 11) is 0. The zero-order chi connectivity index (χ0) is 18.5. The second kappa shape index (κ2) is 7.93. The summed E-state index contributed by atoms with van der Waals surface area (Å²) in [4.78, 5) is 16.7. The van der Waals surface area contributed by atoms with Crippen molar-refractivity contribution in [2.75, 3.05) is 5.32 Å². The SMILES string of the molecule is Cc1ccnc(C)c1-c1ccc(NC(=O)C(N)Cc2ccccc2)cc1. The van der Waals surface area contributed by atoms with Gasteiger partial charge in [0.2, 0.25) is 5.91 Å². The van der Waals surface area contributed by atoms with E-state index in [1.165, 1.54) is 5.56 Å². The van der Waals surface area contributed by atoms with Crippen LogP contribution < -0.4 is 11.1 Å². The lowest BCUT2D eigenvalue weighted by Gasteiger charge is -2.13. The number of carbonyl (C=O) groups is 1. The van der Waals surface area contributed by atoms with Gasteiger partial charge in [-0.15, -0.1) is 0 Å². The van der Waals surface area contributed by atoms with Crippen molar-refractivity contribution in [3.63, 3.8) is 0 Å². The van der Waals surface area contributed by atoms with Gasteiger partial charge in [0.1, 0.15) is 0 Å². The van der Waals surface area contributed by atoms with Crippen molar-refractivity contribution in [3.8, 4) is 11.1 Å². The summed E-state index contributed by atoms with van der Waals surface area (Å²) in [5.74, 6) is -0.185. The summed E-state index contributed by atoms with van der Waals surface area (Å²) in [6.07, 6.45) is 2.33. The number of anilines is 1. The number of aryl methyl sites for hydroxylation is 2. The highest BCUT2D eigenvalue weighted by Crippen LogP contribution is 2.26. The molecule has 132 valence electrons. The first-order valence-corrected chi connectivity index (χ1v) is 8.67. The van der Waals surface area contributed by atoms with Crippen LogP contribution in [0.2, 0.25) is 0 Å². The van der Waals surface area contributed by atoms with E-state index in [4.69, 9.17) is 5.73 Å². The van der Waals surface area contributed by atoms with E-state index in [9.17, 15) is 4.79 Å². The minimum atomic E-state index is -0.583. The molecule has 0 spiro atoms. The molecule has 3 N–H and O–H groups in total. The minimum absolute atomic E-state index is 0.185. The molecule has 0 radical (unpaired) electrons. The van der Waals surface area contributed by atoms with Crippen molar-refractivity contribution in [1.29, 1.82) is 0 Å². The van der Waals surface area contributed by atoms with E-state index in [0.717, 1.165) is 28.1 Å². The molecule has 26 heavy (non-hydrogen) atoms. The molecule has 4 heteroatoms. The third kappa shape index (κ3) is 4.16. The maximum absolute atomic E-state index is 12.3.